The minimum Gasteiger partial charge on any atom is -0.398 e. The van der Waals surface area contributed by atoms with Gasteiger partial charge in [0.25, 0.3) is 0 Å². The van der Waals surface area contributed by atoms with Crippen molar-refractivity contribution in [1.29, 1.82) is 0 Å². The van der Waals surface area contributed by atoms with Gasteiger partial charge in [0.1, 0.15) is 0 Å². The maximum atomic E-state index is 12.4. The van der Waals surface area contributed by atoms with E-state index in [1.165, 1.54) is 0 Å². The summed E-state index contributed by atoms with van der Waals surface area (Å²) in [7, 11) is 1.88. The molecule has 0 aliphatic carbocycles. The first-order valence-corrected chi connectivity index (χ1v) is 6.71. The van der Waals surface area contributed by atoms with Gasteiger partial charge in [-0.15, -0.1) is 3.89 Å². The summed E-state index contributed by atoms with van der Waals surface area (Å²) in [4.78, 5) is 0. The molecule has 94 valence electrons. The third-order valence-corrected chi connectivity index (χ3v) is 3.27. The van der Waals surface area contributed by atoms with E-state index in [1.807, 2.05) is 19.2 Å². The number of nitrogens with zero attached hydrogens (tertiary/aromatic N) is 1. The van der Waals surface area contributed by atoms with Gasteiger partial charge < -0.3 is 11.1 Å². The van der Waals surface area contributed by atoms with E-state index in [2.05, 4.69) is 25.6 Å². The summed E-state index contributed by atoms with van der Waals surface area (Å²) in [5, 5.41) is 3.05. The minimum atomic E-state index is -0.0288. The van der Waals surface area contributed by atoms with Crippen molar-refractivity contribution in [3.8, 4) is 0 Å². The highest BCUT2D eigenvalue weighted by molar-refractivity contribution is 9.10. The summed E-state index contributed by atoms with van der Waals surface area (Å²) in [6, 6.07) is 5.51. The van der Waals surface area contributed by atoms with Crippen molar-refractivity contribution < 1.29 is 3.89 Å². The van der Waals surface area contributed by atoms with Gasteiger partial charge in [-0.2, -0.15) is 4.40 Å². The Balaban J connectivity index is 2.94. The standard InChI is InChI=1S/C11H15BrFN3S/c1-15-7-3-6-10(16-17-13)11-8(12)4-2-5-9(11)14/h2,4-5,15H,3,6-7,14H2,1H3/b16-10+. The zero-order chi connectivity index (χ0) is 12.7. The highest BCUT2D eigenvalue weighted by Crippen LogP contribution is 2.26. The number of nitrogen functional groups attached to an aromatic ring is 1. The molecule has 0 saturated heterocycles. The molecule has 0 aliphatic heterocycles. The molecule has 0 saturated carbocycles. The number of nitrogens with one attached hydrogen (secondary N) is 1. The van der Waals surface area contributed by atoms with Crippen LogP contribution < -0.4 is 11.1 Å². The van der Waals surface area contributed by atoms with Gasteiger partial charge in [-0.05, 0) is 38.6 Å². The van der Waals surface area contributed by atoms with Crippen LogP contribution in [-0.2, 0) is 0 Å². The summed E-state index contributed by atoms with van der Waals surface area (Å²) in [5.74, 6) is 0. The fourth-order valence-electron chi connectivity index (χ4n) is 1.54. The lowest BCUT2D eigenvalue weighted by atomic mass is 10.0. The van der Waals surface area contributed by atoms with E-state index in [1.54, 1.807) is 6.07 Å². The number of hydrogen-bond donors (Lipinski definition) is 2. The average molecular weight is 320 g/mol. The number of hydrogen-bond acceptors (Lipinski definition) is 4. The van der Waals surface area contributed by atoms with Gasteiger partial charge in [0.15, 0.2) is 12.3 Å². The molecule has 0 fully saturated rings. The minimum absolute atomic E-state index is 0.0288. The summed E-state index contributed by atoms with van der Waals surface area (Å²) < 4.78 is 17.0. The van der Waals surface area contributed by atoms with Crippen molar-refractivity contribution in [2.75, 3.05) is 19.3 Å². The van der Waals surface area contributed by atoms with Gasteiger partial charge in [-0.1, -0.05) is 22.0 Å². The molecule has 0 unspecified atom stereocenters. The Labute approximate surface area is 114 Å². The Morgan fingerprint density at radius 1 is 1.59 bits per heavy atom. The van der Waals surface area contributed by atoms with Crippen LogP contribution in [0.3, 0.4) is 0 Å². The zero-order valence-corrected chi connectivity index (χ0v) is 11.9. The summed E-state index contributed by atoms with van der Waals surface area (Å²) in [5.41, 5.74) is 7.97. The fourth-order valence-corrected chi connectivity index (χ4v) is 2.41. The third-order valence-electron chi connectivity index (χ3n) is 2.32. The van der Waals surface area contributed by atoms with E-state index >= 15 is 0 Å². The van der Waals surface area contributed by atoms with Gasteiger partial charge in [0.05, 0.1) is 5.71 Å². The Morgan fingerprint density at radius 3 is 2.94 bits per heavy atom. The van der Waals surface area contributed by atoms with Crippen LogP contribution in [0.4, 0.5) is 9.57 Å². The van der Waals surface area contributed by atoms with E-state index in [0.717, 1.165) is 23.0 Å². The van der Waals surface area contributed by atoms with Crippen LogP contribution in [0.25, 0.3) is 0 Å². The number of rotatable bonds is 6. The topological polar surface area (TPSA) is 50.4 Å². The van der Waals surface area contributed by atoms with Gasteiger partial charge in [0.2, 0.25) is 0 Å². The first-order chi connectivity index (χ1) is 8.20. The SMILES string of the molecule is CNCCC/C(=N\SF)c1c(N)cccc1Br. The average Bonchev–Trinajstić information content (AvgIpc) is 2.29. The molecule has 0 aromatic heterocycles. The molecule has 1 aromatic carbocycles. The number of nitrogens with two attached hydrogens (primary N) is 1. The predicted molar refractivity (Wildman–Crippen MR) is 77.0 cm³/mol. The quantitative estimate of drug-likeness (QED) is 0.366. The molecule has 6 heteroatoms. The second kappa shape index (κ2) is 7.68. The van der Waals surface area contributed by atoms with Crippen LogP contribution in [0.1, 0.15) is 18.4 Å². The van der Waals surface area contributed by atoms with Gasteiger partial charge in [-0.25, -0.2) is 0 Å². The summed E-state index contributed by atoms with van der Waals surface area (Å²) in [6.45, 7) is 0.861. The first kappa shape index (κ1) is 14.5. The smallest absolute Gasteiger partial charge is 0.186 e. The van der Waals surface area contributed by atoms with E-state index in [0.29, 0.717) is 17.8 Å². The van der Waals surface area contributed by atoms with Crippen molar-refractivity contribution in [3.05, 3.63) is 28.2 Å². The summed E-state index contributed by atoms with van der Waals surface area (Å²) in [6.07, 6.45) is 1.57. The molecule has 0 heterocycles. The largest absolute Gasteiger partial charge is 0.398 e. The molecule has 17 heavy (non-hydrogen) atoms. The molecule has 0 amide bonds. The number of anilines is 1. The van der Waals surface area contributed by atoms with Crippen molar-refractivity contribution >= 4 is 39.7 Å². The van der Waals surface area contributed by atoms with Crippen LogP contribution in [0.5, 0.6) is 0 Å². The molecular formula is C11H15BrFN3S. The highest BCUT2D eigenvalue weighted by atomic mass is 79.9. The maximum absolute atomic E-state index is 12.4. The molecule has 0 radical (unpaired) electrons. The van der Waals surface area contributed by atoms with E-state index in [-0.39, 0.29) is 12.3 Å². The van der Waals surface area contributed by atoms with Crippen LogP contribution >= 0.6 is 28.3 Å². The normalized spacial score (nSPS) is 11.8. The lowest BCUT2D eigenvalue weighted by molar-refractivity contribution is 0.747. The maximum Gasteiger partial charge on any atom is 0.186 e. The van der Waals surface area contributed by atoms with Crippen molar-refractivity contribution in [2.45, 2.75) is 12.8 Å². The molecule has 1 aromatic rings. The van der Waals surface area contributed by atoms with Crippen molar-refractivity contribution in [3.63, 3.8) is 0 Å². The monoisotopic (exact) mass is 319 g/mol. The second-order valence-corrected chi connectivity index (χ2v) is 4.69. The van der Waals surface area contributed by atoms with Gasteiger partial charge in [-0.3, -0.25) is 0 Å². The first-order valence-electron chi connectivity index (χ1n) is 5.24. The molecule has 0 spiro atoms. The molecule has 3 N–H and O–H groups in total. The van der Waals surface area contributed by atoms with Crippen LogP contribution in [0.15, 0.2) is 27.1 Å². The highest BCUT2D eigenvalue weighted by Gasteiger charge is 2.11. The Bertz CT molecular complexity index is 378. The Kier molecular flexibility index (Phi) is 6.54. The van der Waals surface area contributed by atoms with Gasteiger partial charge in [0, 0.05) is 15.7 Å². The number of halogens is 2. The third kappa shape index (κ3) is 4.29. The second-order valence-electron chi connectivity index (χ2n) is 3.52. The van der Waals surface area contributed by atoms with E-state index in [9.17, 15) is 3.89 Å². The Morgan fingerprint density at radius 2 is 2.35 bits per heavy atom. The molecule has 3 nitrogen and oxygen atoms in total. The van der Waals surface area contributed by atoms with E-state index < -0.39 is 0 Å². The van der Waals surface area contributed by atoms with Crippen LogP contribution in [0.2, 0.25) is 0 Å². The van der Waals surface area contributed by atoms with Crippen molar-refractivity contribution in [2.24, 2.45) is 4.40 Å². The summed E-state index contributed by atoms with van der Waals surface area (Å²) >= 11 is 3.39. The molecular weight excluding hydrogens is 305 g/mol. The predicted octanol–water partition coefficient (Wildman–Crippen LogP) is 3.35. The molecule has 0 bridgehead atoms. The molecule has 1 rings (SSSR count). The van der Waals surface area contributed by atoms with Crippen LogP contribution in [0, 0.1) is 0 Å². The van der Waals surface area contributed by atoms with E-state index in [4.69, 9.17) is 5.73 Å². The lowest BCUT2D eigenvalue weighted by Crippen LogP contribution is -2.12. The number of benzene rings is 1. The fraction of sp³-hybridized carbons (Fsp3) is 0.364. The van der Waals surface area contributed by atoms with Crippen molar-refractivity contribution in [1.82, 2.24) is 5.32 Å². The Hall–Kier alpha value is -0.590. The molecule has 0 aliphatic rings. The van der Waals surface area contributed by atoms with Crippen LogP contribution in [-0.4, -0.2) is 19.3 Å². The zero-order valence-electron chi connectivity index (χ0n) is 9.54. The lowest BCUT2D eigenvalue weighted by Gasteiger charge is -2.10. The molecule has 0 atom stereocenters. The van der Waals surface area contributed by atoms with Gasteiger partial charge >= 0.3 is 0 Å².